The van der Waals surface area contributed by atoms with Crippen molar-refractivity contribution in [2.24, 2.45) is 5.92 Å². The first-order valence-corrected chi connectivity index (χ1v) is 12.0. The highest BCUT2D eigenvalue weighted by Gasteiger charge is 2.41. The normalized spacial score (nSPS) is 22.5. The Morgan fingerprint density at radius 1 is 1.03 bits per heavy atom. The molecule has 2 aliphatic heterocycles. The van der Waals surface area contributed by atoms with Crippen LogP contribution in [0.2, 0.25) is 0 Å². The summed E-state index contributed by atoms with van der Waals surface area (Å²) >= 11 is 0. The molecule has 5 rings (SSSR count). The molecule has 3 N–H and O–H groups in total. The maximum absolute atomic E-state index is 12.7. The molecular weight excluding hydrogens is 466 g/mol. The smallest absolute Gasteiger partial charge is 0.335 e. The number of hydrogen-bond donors (Lipinski definition) is 3. The van der Waals surface area contributed by atoms with Crippen LogP contribution < -0.4 is 15.4 Å². The lowest BCUT2D eigenvalue weighted by atomic mass is 10.1. The fourth-order valence-corrected chi connectivity index (χ4v) is 4.47. The van der Waals surface area contributed by atoms with E-state index in [2.05, 4.69) is 10.6 Å². The molecule has 3 amide bonds. The van der Waals surface area contributed by atoms with Crippen LogP contribution in [0.1, 0.15) is 45.5 Å². The largest absolute Gasteiger partial charge is 0.478 e. The molecule has 188 valence electrons. The molecule has 2 fully saturated rings. The fraction of sp³-hybridized carbons (Fsp3) is 0.385. The van der Waals surface area contributed by atoms with Crippen molar-refractivity contribution >= 4 is 23.7 Å². The van der Waals surface area contributed by atoms with Crippen molar-refractivity contribution < 1.29 is 33.8 Å². The highest BCUT2D eigenvalue weighted by Crippen LogP contribution is 2.33. The third-order valence-corrected chi connectivity index (χ3v) is 6.50. The second-order valence-electron chi connectivity index (χ2n) is 9.35. The molecule has 2 aromatic carbocycles. The Bertz CT molecular complexity index is 1210. The number of amides is 3. The van der Waals surface area contributed by atoms with Crippen molar-refractivity contribution in [1.29, 1.82) is 0 Å². The molecule has 0 aromatic heterocycles. The minimum Gasteiger partial charge on any atom is -0.478 e. The van der Waals surface area contributed by atoms with Gasteiger partial charge >= 0.3 is 5.97 Å². The molecule has 0 unspecified atom stereocenters. The molecule has 0 radical (unpaired) electrons. The minimum absolute atomic E-state index is 0.0221. The van der Waals surface area contributed by atoms with Gasteiger partial charge < -0.3 is 30.1 Å². The number of nitrogens with zero attached hydrogens (tertiary/aromatic N) is 1. The number of aromatic carboxylic acids is 1. The molecule has 2 atom stereocenters. The van der Waals surface area contributed by atoms with Gasteiger partial charge in [0, 0.05) is 37.5 Å². The Hall–Kier alpha value is -3.92. The Labute approximate surface area is 207 Å². The van der Waals surface area contributed by atoms with Gasteiger partial charge in [0.15, 0.2) is 0 Å². The van der Waals surface area contributed by atoms with Gasteiger partial charge in [-0.1, -0.05) is 12.1 Å². The van der Waals surface area contributed by atoms with Crippen LogP contribution in [0.25, 0.3) is 0 Å². The SMILES string of the molecule is O=C1CCNC(=O)c2cc(cc(C(=O)O)c2)Oc2cccc(c2)CO[C@H]2CN(C(=O)C3CC3)C[C@@H]2N1. The Kier molecular flexibility index (Phi) is 6.60. The third-order valence-electron chi connectivity index (χ3n) is 6.50. The van der Waals surface area contributed by atoms with Crippen molar-refractivity contribution in [2.45, 2.75) is 38.0 Å². The summed E-state index contributed by atoms with van der Waals surface area (Å²) in [6, 6.07) is 10.8. The molecular formula is C26H27N3O7. The molecule has 1 saturated carbocycles. The van der Waals surface area contributed by atoms with Crippen molar-refractivity contribution in [1.82, 2.24) is 15.5 Å². The van der Waals surface area contributed by atoms with E-state index in [0.29, 0.717) is 18.8 Å². The molecule has 0 spiro atoms. The zero-order valence-electron chi connectivity index (χ0n) is 19.6. The molecule has 10 heteroatoms. The number of carbonyl (C=O) groups is 4. The summed E-state index contributed by atoms with van der Waals surface area (Å²) in [5, 5.41) is 15.1. The van der Waals surface area contributed by atoms with E-state index in [4.69, 9.17) is 9.47 Å². The molecule has 2 heterocycles. The summed E-state index contributed by atoms with van der Waals surface area (Å²) in [6.45, 7) is 1.07. The highest BCUT2D eigenvalue weighted by atomic mass is 16.5. The summed E-state index contributed by atoms with van der Waals surface area (Å²) in [6.07, 6.45) is 1.45. The van der Waals surface area contributed by atoms with Gasteiger partial charge in [0.2, 0.25) is 11.8 Å². The first kappa shape index (κ1) is 23.8. The van der Waals surface area contributed by atoms with Gasteiger partial charge in [-0.15, -0.1) is 0 Å². The molecule has 4 bridgehead atoms. The number of fused-ring (bicyclic) bond motifs is 5. The van der Waals surface area contributed by atoms with Crippen molar-refractivity contribution in [3.8, 4) is 11.5 Å². The maximum Gasteiger partial charge on any atom is 0.335 e. The summed E-state index contributed by atoms with van der Waals surface area (Å²) in [5.74, 6) is -1.15. The predicted octanol–water partition coefficient (Wildman–Crippen LogP) is 1.93. The van der Waals surface area contributed by atoms with E-state index in [1.807, 2.05) is 6.07 Å². The number of ether oxygens (including phenoxy) is 2. The molecule has 3 aliphatic rings. The van der Waals surface area contributed by atoms with Crippen LogP contribution in [0.4, 0.5) is 0 Å². The van der Waals surface area contributed by atoms with Gasteiger partial charge in [0.05, 0.1) is 24.3 Å². The van der Waals surface area contributed by atoms with Crippen molar-refractivity contribution in [3.05, 3.63) is 59.2 Å². The van der Waals surface area contributed by atoms with Gasteiger partial charge in [-0.25, -0.2) is 4.79 Å². The average Bonchev–Trinajstić information content (AvgIpc) is 3.63. The van der Waals surface area contributed by atoms with E-state index in [9.17, 15) is 24.3 Å². The first-order chi connectivity index (χ1) is 17.4. The summed E-state index contributed by atoms with van der Waals surface area (Å²) < 4.78 is 12.1. The highest BCUT2D eigenvalue weighted by molar-refractivity contribution is 5.98. The number of benzene rings is 2. The quantitative estimate of drug-likeness (QED) is 0.582. The number of rotatable bonds is 2. The van der Waals surface area contributed by atoms with Crippen LogP contribution in [-0.4, -0.2) is 65.5 Å². The lowest BCUT2D eigenvalue weighted by molar-refractivity contribution is -0.132. The monoisotopic (exact) mass is 493 g/mol. The average molecular weight is 494 g/mol. The van der Waals surface area contributed by atoms with Crippen LogP contribution in [-0.2, 0) is 20.9 Å². The molecule has 10 nitrogen and oxygen atoms in total. The lowest BCUT2D eigenvalue weighted by Gasteiger charge is -2.20. The van der Waals surface area contributed by atoms with Crippen LogP contribution in [0.5, 0.6) is 11.5 Å². The van der Waals surface area contributed by atoms with Gasteiger partial charge in [0.25, 0.3) is 5.91 Å². The minimum atomic E-state index is -1.19. The first-order valence-electron chi connectivity index (χ1n) is 12.0. The molecule has 2 aromatic rings. The summed E-state index contributed by atoms with van der Waals surface area (Å²) in [4.78, 5) is 51.3. The van der Waals surface area contributed by atoms with Gasteiger partial charge in [-0.2, -0.15) is 0 Å². The summed E-state index contributed by atoms with van der Waals surface area (Å²) in [5.41, 5.74) is 0.825. The standard InChI is InChI=1S/C26H27N3O7/c30-23-6-7-27-24(31)17-9-18(26(33)34)11-20(10-17)36-19-3-1-2-15(8-19)14-35-22-13-29(12-21(22)28-23)25(32)16-4-5-16/h1-3,8-11,16,21-22H,4-7,12-14H2,(H,27,31)(H,28,30)(H,33,34)/t21-,22-/m0/s1. The zero-order valence-corrected chi connectivity index (χ0v) is 19.6. The van der Waals surface area contributed by atoms with E-state index >= 15 is 0 Å². The van der Waals surface area contributed by atoms with Crippen molar-refractivity contribution in [3.63, 3.8) is 0 Å². The van der Waals surface area contributed by atoms with E-state index < -0.39 is 11.9 Å². The van der Waals surface area contributed by atoms with E-state index in [1.54, 1.807) is 23.1 Å². The Balaban J connectivity index is 1.41. The van der Waals surface area contributed by atoms with Gasteiger partial charge in [-0.3, -0.25) is 14.4 Å². The Morgan fingerprint density at radius 3 is 2.64 bits per heavy atom. The third kappa shape index (κ3) is 5.49. The Morgan fingerprint density at radius 2 is 1.86 bits per heavy atom. The van der Waals surface area contributed by atoms with E-state index in [-0.39, 0.29) is 66.3 Å². The van der Waals surface area contributed by atoms with E-state index in [1.165, 1.54) is 18.2 Å². The summed E-state index contributed by atoms with van der Waals surface area (Å²) in [7, 11) is 0. The molecule has 1 saturated heterocycles. The van der Waals surface area contributed by atoms with Gasteiger partial charge in [0.1, 0.15) is 11.5 Å². The second-order valence-corrected chi connectivity index (χ2v) is 9.35. The fourth-order valence-electron chi connectivity index (χ4n) is 4.47. The number of hydrogen-bond acceptors (Lipinski definition) is 6. The second kappa shape index (κ2) is 9.98. The van der Waals surface area contributed by atoms with Gasteiger partial charge in [-0.05, 0) is 48.7 Å². The van der Waals surface area contributed by atoms with Crippen LogP contribution in [0.3, 0.4) is 0 Å². The molecule has 36 heavy (non-hydrogen) atoms. The van der Waals surface area contributed by atoms with Crippen molar-refractivity contribution in [2.75, 3.05) is 19.6 Å². The number of nitrogens with one attached hydrogen (secondary N) is 2. The number of carboxylic acid groups (broad SMARTS) is 1. The number of likely N-dealkylation sites (tertiary alicyclic amines) is 1. The maximum atomic E-state index is 12.7. The molecule has 1 aliphatic carbocycles. The lowest BCUT2D eigenvalue weighted by Crippen LogP contribution is -2.45. The number of carboxylic acids is 1. The van der Waals surface area contributed by atoms with Crippen LogP contribution in [0, 0.1) is 5.92 Å². The zero-order chi connectivity index (χ0) is 25.2. The van der Waals surface area contributed by atoms with Crippen LogP contribution >= 0.6 is 0 Å². The topological polar surface area (TPSA) is 134 Å². The van der Waals surface area contributed by atoms with Crippen LogP contribution in [0.15, 0.2) is 42.5 Å². The van der Waals surface area contributed by atoms with E-state index in [0.717, 1.165) is 18.4 Å². The predicted molar refractivity (Wildman–Crippen MR) is 127 cm³/mol. The number of carbonyl (C=O) groups excluding carboxylic acids is 3.